The number of rotatable bonds is 12. The summed E-state index contributed by atoms with van der Waals surface area (Å²) in [6.07, 6.45) is 1.37. The van der Waals surface area contributed by atoms with E-state index < -0.39 is 0 Å². The monoisotopic (exact) mass is 525 g/mol. The zero-order chi connectivity index (χ0) is 27.8. The number of halogens is 1. The molecular formula is C32H32FN3O3. The molecule has 0 unspecified atom stereocenters. The summed E-state index contributed by atoms with van der Waals surface area (Å²) >= 11 is 0. The minimum Gasteiger partial charge on any atom is -0.511 e. The number of nitrogens with zero attached hydrogens (tertiary/aromatic N) is 1. The summed E-state index contributed by atoms with van der Waals surface area (Å²) in [5, 5.41) is 13.3. The Balaban J connectivity index is 1.35. The van der Waals surface area contributed by atoms with Crippen LogP contribution < -0.4 is 21.3 Å². The van der Waals surface area contributed by atoms with Gasteiger partial charge in [-0.05, 0) is 78.6 Å². The third-order valence-electron chi connectivity index (χ3n) is 6.41. The number of aromatic nitrogens is 1. The first-order valence-corrected chi connectivity index (χ1v) is 12.7. The molecule has 6 nitrogen and oxygen atoms in total. The maximum Gasteiger partial charge on any atom is 0.256 e. The molecular weight excluding hydrogens is 493 g/mol. The number of aliphatic hydroxyl groups is 1. The van der Waals surface area contributed by atoms with Gasteiger partial charge in [-0.2, -0.15) is 0 Å². The highest BCUT2D eigenvalue weighted by atomic mass is 19.1. The van der Waals surface area contributed by atoms with Crippen LogP contribution in [0.15, 0.2) is 115 Å². The molecule has 0 fully saturated rings. The third-order valence-corrected chi connectivity index (χ3v) is 6.41. The van der Waals surface area contributed by atoms with Gasteiger partial charge in [0.2, 0.25) is 0 Å². The molecule has 1 atom stereocenters. The molecule has 0 aliphatic rings. The van der Waals surface area contributed by atoms with E-state index in [0.29, 0.717) is 47.7 Å². The SMILES string of the molecule is C=C(c1ccc(F)cc1)c1ccc(=O)n(-c2ccc(OCCCN[C@@H](Cc3ccccc3)C(=C)O)cc2)c1N. The zero-order valence-electron chi connectivity index (χ0n) is 21.6. The fourth-order valence-corrected chi connectivity index (χ4v) is 4.27. The largest absolute Gasteiger partial charge is 0.511 e. The van der Waals surface area contributed by atoms with Gasteiger partial charge in [-0.3, -0.25) is 9.36 Å². The van der Waals surface area contributed by atoms with Crippen LogP contribution in [0.4, 0.5) is 10.2 Å². The Morgan fingerprint density at radius 2 is 1.67 bits per heavy atom. The summed E-state index contributed by atoms with van der Waals surface area (Å²) in [5.41, 5.74) is 9.71. The van der Waals surface area contributed by atoms with Crippen molar-refractivity contribution in [2.75, 3.05) is 18.9 Å². The van der Waals surface area contributed by atoms with E-state index in [4.69, 9.17) is 10.5 Å². The van der Waals surface area contributed by atoms with Crippen molar-refractivity contribution in [2.24, 2.45) is 0 Å². The summed E-state index contributed by atoms with van der Waals surface area (Å²) in [5.74, 6) is 0.665. The maximum atomic E-state index is 13.3. The standard InChI is InChI=1S/C32H32FN3O3/c1-22(25-9-11-26(33)12-10-25)29-17-18-31(38)36(32(29)34)27-13-15-28(16-14-27)39-20-6-19-35-30(23(2)37)21-24-7-4-3-5-8-24/h3-5,7-18,30,35,37H,1-2,6,19-21,34H2/t30-/m0/s1. The molecule has 0 bridgehead atoms. The van der Waals surface area contributed by atoms with Crippen LogP contribution in [0, 0.1) is 5.82 Å². The minimum absolute atomic E-state index is 0.107. The van der Waals surface area contributed by atoms with E-state index in [0.717, 1.165) is 12.0 Å². The van der Waals surface area contributed by atoms with E-state index in [1.807, 2.05) is 30.3 Å². The van der Waals surface area contributed by atoms with Gasteiger partial charge in [0.25, 0.3) is 5.56 Å². The first-order chi connectivity index (χ1) is 18.8. The first-order valence-electron chi connectivity index (χ1n) is 12.7. The Hall–Kier alpha value is -4.62. The molecule has 0 aliphatic carbocycles. The molecule has 3 aromatic carbocycles. The molecule has 1 heterocycles. The normalized spacial score (nSPS) is 11.6. The van der Waals surface area contributed by atoms with Crippen LogP contribution in [0.3, 0.4) is 0 Å². The highest BCUT2D eigenvalue weighted by Crippen LogP contribution is 2.27. The van der Waals surface area contributed by atoms with Gasteiger partial charge in [0.05, 0.1) is 18.3 Å². The van der Waals surface area contributed by atoms with Crippen LogP contribution in [-0.2, 0) is 6.42 Å². The van der Waals surface area contributed by atoms with Gasteiger partial charge >= 0.3 is 0 Å². The Bertz CT molecular complexity index is 1480. The van der Waals surface area contributed by atoms with Crippen molar-refractivity contribution in [3.05, 3.63) is 143 Å². The summed E-state index contributed by atoms with van der Waals surface area (Å²) in [4.78, 5) is 12.7. The smallest absolute Gasteiger partial charge is 0.256 e. The minimum atomic E-state index is -0.341. The quantitative estimate of drug-likeness (QED) is 0.164. The molecule has 4 N–H and O–H groups in total. The van der Waals surface area contributed by atoms with Crippen molar-refractivity contribution in [3.8, 4) is 11.4 Å². The topological polar surface area (TPSA) is 89.5 Å². The molecule has 7 heteroatoms. The lowest BCUT2D eigenvalue weighted by Gasteiger charge is -2.18. The lowest BCUT2D eigenvalue weighted by molar-refractivity contribution is 0.296. The van der Waals surface area contributed by atoms with Crippen molar-refractivity contribution in [1.29, 1.82) is 0 Å². The highest BCUT2D eigenvalue weighted by molar-refractivity contribution is 5.83. The maximum absolute atomic E-state index is 13.3. The second kappa shape index (κ2) is 12.8. The molecule has 39 heavy (non-hydrogen) atoms. The number of nitrogens with one attached hydrogen (secondary N) is 1. The third kappa shape index (κ3) is 7.03. The van der Waals surface area contributed by atoms with Crippen LogP contribution >= 0.6 is 0 Å². The number of hydrogen-bond donors (Lipinski definition) is 3. The summed E-state index contributed by atoms with van der Waals surface area (Å²) in [6, 6.07) is 25.8. The number of pyridine rings is 1. The van der Waals surface area contributed by atoms with Crippen LogP contribution in [0.25, 0.3) is 11.3 Å². The van der Waals surface area contributed by atoms with Crippen molar-refractivity contribution in [1.82, 2.24) is 9.88 Å². The average Bonchev–Trinajstić information content (AvgIpc) is 2.93. The second-order valence-electron chi connectivity index (χ2n) is 9.18. The lowest BCUT2D eigenvalue weighted by atomic mass is 10.00. The molecule has 4 rings (SSSR count). The predicted molar refractivity (Wildman–Crippen MR) is 155 cm³/mol. The second-order valence-corrected chi connectivity index (χ2v) is 9.18. The lowest BCUT2D eigenvalue weighted by Crippen LogP contribution is -2.34. The van der Waals surface area contributed by atoms with Gasteiger partial charge in [-0.1, -0.05) is 55.6 Å². The fourth-order valence-electron chi connectivity index (χ4n) is 4.27. The average molecular weight is 526 g/mol. The fraction of sp³-hybridized carbons (Fsp3) is 0.156. The molecule has 0 saturated heterocycles. The molecule has 4 aromatic rings. The number of aliphatic hydroxyl groups excluding tert-OH is 1. The van der Waals surface area contributed by atoms with E-state index in [1.54, 1.807) is 42.5 Å². The van der Waals surface area contributed by atoms with E-state index in [9.17, 15) is 14.3 Å². The van der Waals surface area contributed by atoms with E-state index in [1.165, 1.54) is 22.8 Å². The van der Waals surface area contributed by atoms with Crippen LogP contribution in [0.1, 0.15) is 23.1 Å². The Morgan fingerprint density at radius 3 is 2.33 bits per heavy atom. The Kier molecular flexibility index (Phi) is 8.97. The molecule has 0 aliphatic heterocycles. The van der Waals surface area contributed by atoms with Crippen LogP contribution in [-0.4, -0.2) is 28.9 Å². The van der Waals surface area contributed by atoms with E-state index in [-0.39, 0.29) is 29.0 Å². The summed E-state index contributed by atoms with van der Waals surface area (Å²) < 4.78 is 20.6. The molecule has 1 aromatic heterocycles. The molecule has 0 amide bonds. The van der Waals surface area contributed by atoms with Crippen molar-refractivity contribution >= 4 is 11.4 Å². The number of nitrogen functional groups attached to an aromatic ring is 1. The van der Waals surface area contributed by atoms with Crippen molar-refractivity contribution < 1.29 is 14.2 Å². The van der Waals surface area contributed by atoms with Crippen LogP contribution in [0.2, 0.25) is 0 Å². The molecule has 0 saturated carbocycles. The number of anilines is 1. The molecule has 200 valence electrons. The van der Waals surface area contributed by atoms with Crippen molar-refractivity contribution in [2.45, 2.75) is 18.9 Å². The molecule has 0 spiro atoms. The zero-order valence-corrected chi connectivity index (χ0v) is 21.6. The Labute approximate surface area is 227 Å². The van der Waals surface area contributed by atoms with Crippen molar-refractivity contribution in [3.63, 3.8) is 0 Å². The van der Waals surface area contributed by atoms with Crippen LogP contribution in [0.5, 0.6) is 5.75 Å². The highest BCUT2D eigenvalue weighted by Gasteiger charge is 2.14. The van der Waals surface area contributed by atoms with E-state index >= 15 is 0 Å². The first kappa shape index (κ1) is 27.4. The van der Waals surface area contributed by atoms with Gasteiger partial charge in [0.15, 0.2) is 0 Å². The Morgan fingerprint density at radius 1 is 0.974 bits per heavy atom. The summed E-state index contributed by atoms with van der Waals surface area (Å²) in [7, 11) is 0. The van der Waals surface area contributed by atoms with Gasteiger partial charge in [-0.25, -0.2) is 4.39 Å². The van der Waals surface area contributed by atoms with Gasteiger partial charge < -0.3 is 20.9 Å². The number of nitrogens with two attached hydrogens (primary N) is 1. The number of ether oxygens (including phenoxy) is 1. The van der Waals surface area contributed by atoms with Gasteiger partial charge in [0, 0.05) is 11.6 Å². The van der Waals surface area contributed by atoms with E-state index in [2.05, 4.69) is 18.5 Å². The number of hydrogen-bond acceptors (Lipinski definition) is 5. The van der Waals surface area contributed by atoms with Gasteiger partial charge in [0.1, 0.15) is 23.1 Å². The summed E-state index contributed by atoms with van der Waals surface area (Å²) in [6.45, 7) is 8.89. The predicted octanol–water partition coefficient (Wildman–Crippen LogP) is 5.66. The van der Waals surface area contributed by atoms with Gasteiger partial charge in [-0.15, -0.1) is 0 Å². The number of benzene rings is 3. The molecule has 0 radical (unpaired) electrons.